The van der Waals surface area contributed by atoms with Gasteiger partial charge in [0, 0.05) is 17.2 Å². The van der Waals surface area contributed by atoms with E-state index in [2.05, 4.69) is 12.3 Å². The Kier molecular flexibility index (Phi) is 4.73. The Hall–Kier alpha value is -1.16. The molecule has 4 nitrogen and oxygen atoms in total. The van der Waals surface area contributed by atoms with E-state index in [0.717, 1.165) is 30.4 Å². The van der Waals surface area contributed by atoms with Gasteiger partial charge >= 0.3 is 0 Å². The Balaban J connectivity index is 1.90. The Bertz CT molecular complexity index is 486. The van der Waals surface area contributed by atoms with Crippen LogP contribution < -0.4 is 11.3 Å². The second-order valence-electron chi connectivity index (χ2n) is 6.70. The number of anilines is 1. The molecule has 3 N–H and O–H groups in total. The van der Waals surface area contributed by atoms with Gasteiger partial charge in [-0.05, 0) is 44.4 Å². The van der Waals surface area contributed by atoms with E-state index < -0.39 is 0 Å². The highest BCUT2D eigenvalue weighted by Crippen LogP contribution is 2.37. The first-order valence-electron chi connectivity index (χ1n) is 8.68. The van der Waals surface area contributed by atoms with Gasteiger partial charge in [0.05, 0.1) is 0 Å². The van der Waals surface area contributed by atoms with Gasteiger partial charge in [-0.15, -0.1) is 0 Å². The molecular formula is C17H28N4. The SMILES string of the molecule is CCC1CCCC(c2nc3c(c(NN)n2)CCCCC3)C1. The molecule has 0 spiro atoms. The number of nitrogens with two attached hydrogens (primary N) is 1. The summed E-state index contributed by atoms with van der Waals surface area (Å²) in [4.78, 5) is 9.76. The fourth-order valence-electron chi connectivity index (χ4n) is 3.99. The van der Waals surface area contributed by atoms with E-state index in [9.17, 15) is 0 Å². The van der Waals surface area contributed by atoms with E-state index in [1.54, 1.807) is 0 Å². The number of aromatic nitrogens is 2. The third-order valence-corrected chi connectivity index (χ3v) is 5.31. The maximum absolute atomic E-state index is 5.74. The fraction of sp³-hybridized carbons (Fsp3) is 0.765. The summed E-state index contributed by atoms with van der Waals surface area (Å²) in [6.07, 6.45) is 12.4. The number of rotatable bonds is 3. The first-order chi connectivity index (χ1) is 10.3. The molecule has 0 aliphatic heterocycles. The van der Waals surface area contributed by atoms with Crippen molar-refractivity contribution in [3.05, 3.63) is 17.1 Å². The molecule has 2 atom stereocenters. The molecule has 0 aromatic carbocycles. The van der Waals surface area contributed by atoms with Crippen LogP contribution in [0.2, 0.25) is 0 Å². The highest BCUT2D eigenvalue weighted by Gasteiger charge is 2.26. The molecule has 4 heteroatoms. The summed E-state index contributed by atoms with van der Waals surface area (Å²) in [6.45, 7) is 2.30. The molecule has 116 valence electrons. The Morgan fingerprint density at radius 2 is 1.95 bits per heavy atom. The lowest BCUT2D eigenvalue weighted by Gasteiger charge is -2.28. The molecule has 1 aromatic rings. The van der Waals surface area contributed by atoms with Crippen LogP contribution in [0.5, 0.6) is 0 Å². The Morgan fingerprint density at radius 1 is 1.10 bits per heavy atom. The van der Waals surface area contributed by atoms with E-state index in [-0.39, 0.29) is 0 Å². The van der Waals surface area contributed by atoms with Crippen molar-refractivity contribution < 1.29 is 0 Å². The zero-order valence-corrected chi connectivity index (χ0v) is 13.2. The van der Waals surface area contributed by atoms with Crippen molar-refractivity contribution in [3.8, 4) is 0 Å². The number of fused-ring (bicyclic) bond motifs is 1. The summed E-state index contributed by atoms with van der Waals surface area (Å²) in [5.41, 5.74) is 5.36. The molecule has 3 rings (SSSR count). The van der Waals surface area contributed by atoms with Crippen molar-refractivity contribution in [3.63, 3.8) is 0 Å². The highest BCUT2D eigenvalue weighted by atomic mass is 15.3. The maximum Gasteiger partial charge on any atom is 0.147 e. The molecule has 1 saturated carbocycles. The predicted octanol–water partition coefficient (Wildman–Crippen LogP) is 3.71. The molecule has 1 heterocycles. The van der Waals surface area contributed by atoms with Crippen LogP contribution in [0.15, 0.2) is 0 Å². The van der Waals surface area contributed by atoms with Crippen LogP contribution in [0.1, 0.15) is 81.3 Å². The van der Waals surface area contributed by atoms with E-state index >= 15 is 0 Å². The average molecular weight is 288 g/mol. The highest BCUT2D eigenvalue weighted by molar-refractivity contribution is 5.46. The van der Waals surface area contributed by atoms with E-state index in [4.69, 9.17) is 15.8 Å². The molecule has 0 radical (unpaired) electrons. The van der Waals surface area contributed by atoms with Crippen molar-refractivity contribution in [2.24, 2.45) is 11.8 Å². The second-order valence-corrected chi connectivity index (χ2v) is 6.70. The standard InChI is InChI=1S/C17H28N4/c1-2-12-7-6-8-13(11-12)16-19-15-10-5-3-4-9-14(15)17(20-16)21-18/h12-13H,2-11,18H2,1H3,(H,19,20,21). The van der Waals surface area contributed by atoms with Gasteiger partial charge in [0.2, 0.25) is 0 Å². The molecule has 2 aliphatic rings. The third-order valence-electron chi connectivity index (χ3n) is 5.31. The van der Waals surface area contributed by atoms with Crippen molar-refractivity contribution in [2.75, 3.05) is 5.43 Å². The quantitative estimate of drug-likeness (QED) is 0.505. The monoisotopic (exact) mass is 288 g/mol. The number of hydrogen-bond donors (Lipinski definition) is 2. The third kappa shape index (κ3) is 3.20. The van der Waals surface area contributed by atoms with Crippen LogP contribution in [-0.2, 0) is 12.8 Å². The van der Waals surface area contributed by atoms with Crippen LogP contribution in [0.4, 0.5) is 5.82 Å². The van der Waals surface area contributed by atoms with Crippen molar-refractivity contribution in [1.82, 2.24) is 9.97 Å². The van der Waals surface area contributed by atoms with Gasteiger partial charge in [-0.25, -0.2) is 15.8 Å². The lowest BCUT2D eigenvalue weighted by atomic mass is 9.80. The summed E-state index contributed by atoms with van der Waals surface area (Å²) in [5, 5.41) is 0. The van der Waals surface area contributed by atoms with Gasteiger partial charge in [-0.2, -0.15) is 0 Å². The first kappa shape index (κ1) is 14.8. The van der Waals surface area contributed by atoms with Gasteiger partial charge in [0.25, 0.3) is 0 Å². The number of hydrogen-bond acceptors (Lipinski definition) is 4. The molecule has 1 aromatic heterocycles. The van der Waals surface area contributed by atoms with Crippen LogP contribution >= 0.6 is 0 Å². The maximum atomic E-state index is 5.74. The largest absolute Gasteiger partial charge is 0.308 e. The summed E-state index contributed by atoms with van der Waals surface area (Å²) < 4.78 is 0. The van der Waals surface area contributed by atoms with Gasteiger partial charge in [-0.3, -0.25) is 0 Å². The van der Waals surface area contributed by atoms with Crippen LogP contribution in [0.3, 0.4) is 0 Å². The van der Waals surface area contributed by atoms with E-state index in [0.29, 0.717) is 5.92 Å². The van der Waals surface area contributed by atoms with Gasteiger partial charge < -0.3 is 5.43 Å². The molecule has 1 fully saturated rings. The summed E-state index contributed by atoms with van der Waals surface area (Å²) in [7, 11) is 0. The van der Waals surface area contributed by atoms with Crippen molar-refractivity contribution >= 4 is 5.82 Å². The van der Waals surface area contributed by atoms with Crippen LogP contribution in [0, 0.1) is 5.92 Å². The van der Waals surface area contributed by atoms with Crippen molar-refractivity contribution in [1.29, 1.82) is 0 Å². The molecule has 2 aliphatic carbocycles. The number of nitrogens with one attached hydrogen (secondary N) is 1. The molecule has 0 saturated heterocycles. The Labute approximate surface area is 127 Å². The number of aryl methyl sites for hydroxylation is 1. The van der Waals surface area contributed by atoms with Gasteiger partial charge in [0.1, 0.15) is 11.6 Å². The number of hydrazine groups is 1. The van der Waals surface area contributed by atoms with Crippen LogP contribution in [-0.4, -0.2) is 9.97 Å². The molecular weight excluding hydrogens is 260 g/mol. The number of nitrogen functional groups attached to an aromatic ring is 1. The lowest BCUT2D eigenvalue weighted by Crippen LogP contribution is -2.20. The zero-order valence-electron chi connectivity index (χ0n) is 13.2. The summed E-state index contributed by atoms with van der Waals surface area (Å²) in [6, 6.07) is 0. The van der Waals surface area contributed by atoms with Crippen molar-refractivity contribution in [2.45, 2.75) is 77.0 Å². The van der Waals surface area contributed by atoms with Gasteiger partial charge in [-0.1, -0.05) is 32.6 Å². The summed E-state index contributed by atoms with van der Waals surface area (Å²) >= 11 is 0. The normalized spacial score (nSPS) is 26.0. The van der Waals surface area contributed by atoms with E-state index in [1.807, 2.05) is 0 Å². The smallest absolute Gasteiger partial charge is 0.147 e. The second kappa shape index (κ2) is 6.73. The zero-order chi connectivity index (χ0) is 14.7. The topological polar surface area (TPSA) is 63.8 Å². The molecule has 21 heavy (non-hydrogen) atoms. The number of nitrogens with zero attached hydrogens (tertiary/aromatic N) is 2. The molecule has 0 amide bonds. The van der Waals surface area contributed by atoms with Crippen LogP contribution in [0.25, 0.3) is 0 Å². The molecule has 2 unspecified atom stereocenters. The van der Waals surface area contributed by atoms with Gasteiger partial charge in [0.15, 0.2) is 0 Å². The average Bonchev–Trinajstić information content (AvgIpc) is 2.79. The van der Waals surface area contributed by atoms with E-state index in [1.165, 1.54) is 62.6 Å². The minimum atomic E-state index is 0.532. The minimum absolute atomic E-state index is 0.532. The predicted molar refractivity (Wildman–Crippen MR) is 86.1 cm³/mol. The fourth-order valence-corrected chi connectivity index (χ4v) is 3.99. The minimum Gasteiger partial charge on any atom is -0.308 e. The molecule has 0 bridgehead atoms. The summed E-state index contributed by atoms with van der Waals surface area (Å²) in [5.74, 6) is 9.04. The first-order valence-corrected chi connectivity index (χ1v) is 8.68. The lowest BCUT2D eigenvalue weighted by molar-refractivity contribution is 0.307. The Morgan fingerprint density at radius 3 is 2.76 bits per heavy atom.